The molecule has 0 saturated heterocycles. The molecule has 0 saturated carbocycles. The van der Waals surface area contributed by atoms with Gasteiger partial charge in [-0.1, -0.05) is 18.5 Å². The summed E-state index contributed by atoms with van der Waals surface area (Å²) in [5.41, 5.74) is -1.22. The molecule has 1 aromatic heterocycles. The van der Waals surface area contributed by atoms with Gasteiger partial charge in [0.15, 0.2) is 6.17 Å². The Morgan fingerprint density at radius 2 is 1.57 bits per heavy atom. The highest BCUT2D eigenvalue weighted by Crippen LogP contribution is 2.34. The number of fused-ring (bicyclic) bond motifs is 1. The average molecular weight is 336 g/mol. The molecule has 3 nitrogen and oxygen atoms in total. The smallest absolute Gasteiger partial charge is 0.235 e. The molecule has 0 N–H and O–H groups in total. The van der Waals surface area contributed by atoms with Gasteiger partial charge in [-0.15, -0.1) is 0 Å². The molecule has 1 aromatic carbocycles. The van der Waals surface area contributed by atoms with E-state index in [2.05, 4.69) is 5.10 Å². The summed E-state index contributed by atoms with van der Waals surface area (Å²) < 4.78 is 83.1. The van der Waals surface area contributed by atoms with Crippen LogP contribution in [0.3, 0.4) is 0 Å². The summed E-state index contributed by atoms with van der Waals surface area (Å²) in [4.78, 5) is 0. The van der Waals surface area contributed by atoms with Crippen LogP contribution in [0.1, 0.15) is 38.3 Å². The third-order valence-electron chi connectivity index (χ3n) is 3.98. The first-order valence-corrected chi connectivity index (χ1v) is 6.90. The molecule has 0 fully saturated rings. The lowest BCUT2D eigenvalue weighted by atomic mass is 10.0. The lowest BCUT2D eigenvalue weighted by Gasteiger charge is -2.12. The van der Waals surface area contributed by atoms with Gasteiger partial charge in [0.05, 0.1) is 6.04 Å². The number of hydrogen-bond acceptors (Lipinski definition) is 1. The van der Waals surface area contributed by atoms with E-state index in [-0.39, 0.29) is 24.2 Å². The van der Waals surface area contributed by atoms with Crippen molar-refractivity contribution >= 4 is 0 Å². The Morgan fingerprint density at radius 1 is 1.04 bits per heavy atom. The zero-order valence-electron chi connectivity index (χ0n) is 12.1. The first-order valence-electron chi connectivity index (χ1n) is 6.90. The van der Waals surface area contributed by atoms with Crippen molar-refractivity contribution in [1.29, 1.82) is 0 Å². The van der Waals surface area contributed by atoms with E-state index in [4.69, 9.17) is 0 Å². The predicted molar refractivity (Wildman–Crippen MR) is 65.9 cm³/mol. The van der Waals surface area contributed by atoms with Crippen molar-refractivity contribution < 1.29 is 30.9 Å². The maximum atomic E-state index is 14.0. The zero-order chi connectivity index (χ0) is 17.0. The Bertz CT molecular complexity index is 756. The first kappa shape index (κ1) is 15.8. The average Bonchev–Trinajstić information content (AvgIpc) is 3.04. The van der Waals surface area contributed by atoms with Crippen LogP contribution in [0.5, 0.6) is 0 Å². The number of benzene rings is 1. The second kappa shape index (κ2) is 5.24. The van der Waals surface area contributed by atoms with Crippen molar-refractivity contribution in [2.24, 2.45) is 5.92 Å². The Labute approximate surface area is 127 Å². The molecule has 3 rings (SSSR count). The molecular weight excluding hydrogens is 324 g/mol. The highest BCUT2D eigenvalue weighted by Gasteiger charge is 2.43. The van der Waals surface area contributed by atoms with Crippen molar-refractivity contribution in [1.82, 2.24) is 9.78 Å². The van der Waals surface area contributed by atoms with E-state index in [1.807, 2.05) is 13.8 Å². The SMILES string of the molecule is CC(C)[C@H]1C[C@H](F)c2nn(-c3c(F)c(F)c(F)c(F)c3F)c[n+]21. The van der Waals surface area contributed by atoms with E-state index < -0.39 is 40.9 Å². The van der Waals surface area contributed by atoms with Crippen LogP contribution in [0.2, 0.25) is 0 Å². The Kier molecular flexibility index (Phi) is 3.61. The Morgan fingerprint density at radius 3 is 2.09 bits per heavy atom. The lowest BCUT2D eigenvalue weighted by molar-refractivity contribution is -0.723. The van der Waals surface area contributed by atoms with Gasteiger partial charge in [0, 0.05) is 11.5 Å². The van der Waals surface area contributed by atoms with Crippen LogP contribution in [0, 0.1) is 35.0 Å². The molecule has 0 spiro atoms. The van der Waals surface area contributed by atoms with Gasteiger partial charge in [-0.25, -0.2) is 22.1 Å². The van der Waals surface area contributed by atoms with Crippen LogP contribution in [0.25, 0.3) is 5.69 Å². The Hall–Kier alpha value is -2.06. The molecule has 0 radical (unpaired) electrons. The summed E-state index contributed by atoms with van der Waals surface area (Å²) in [6, 6.07) is -0.310. The molecular formula is C14H12F6N3+. The molecule has 1 aliphatic rings. The fourth-order valence-corrected chi connectivity index (χ4v) is 2.77. The summed E-state index contributed by atoms with van der Waals surface area (Å²) >= 11 is 0. The lowest BCUT2D eigenvalue weighted by Crippen LogP contribution is -2.39. The summed E-state index contributed by atoms with van der Waals surface area (Å²) in [7, 11) is 0. The molecule has 2 heterocycles. The minimum Gasteiger partial charge on any atom is -0.235 e. The van der Waals surface area contributed by atoms with Crippen molar-refractivity contribution in [3.05, 3.63) is 41.2 Å². The quantitative estimate of drug-likeness (QED) is 0.356. The van der Waals surface area contributed by atoms with Gasteiger partial charge in [-0.3, -0.25) is 0 Å². The molecule has 2 atom stereocenters. The van der Waals surface area contributed by atoms with E-state index in [1.165, 1.54) is 4.57 Å². The normalized spacial score (nSPS) is 20.4. The number of nitrogens with zero attached hydrogens (tertiary/aromatic N) is 3. The number of halogens is 6. The molecule has 124 valence electrons. The van der Waals surface area contributed by atoms with Gasteiger partial charge >= 0.3 is 5.82 Å². The van der Waals surface area contributed by atoms with E-state index in [0.717, 1.165) is 6.33 Å². The van der Waals surface area contributed by atoms with Crippen LogP contribution < -0.4 is 4.57 Å². The number of rotatable bonds is 2. The Balaban J connectivity index is 2.20. The van der Waals surface area contributed by atoms with Gasteiger partial charge in [-0.2, -0.15) is 8.78 Å². The van der Waals surface area contributed by atoms with E-state index >= 15 is 0 Å². The topological polar surface area (TPSA) is 21.7 Å². The maximum absolute atomic E-state index is 14.0. The minimum absolute atomic E-state index is 0.00790. The number of aromatic nitrogens is 3. The van der Waals surface area contributed by atoms with Crippen LogP contribution >= 0.6 is 0 Å². The first-order chi connectivity index (χ1) is 10.7. The molecule has 9 heteroatoms. The van der Waals surface area contributed by atoms with Gasteiger partial charge in [0.25, 0.3) is 0 Å². The van der Waals surface area contributed by atoms with Crippen LogP contribution in [0.4, 0.5) is 26.3 Å². The minimum atomic E-state index is -2.25. The van der Waals surface area contributed by atoms with E-state index in [1.54, 1.807) is 0 Å². The summed E-state index contributed by atoms with van der Waals surface area (Å²) in [5.74, 6) is -10.5. The fourth-order valence-electron chi connectivity index (χ4n) is 2.77. The zero-order valence-corrected chi connectivity index (χ0v) is 12.1. The predicted octanol–water partition coefficient (Wildman–Crippen LogP) is 3.47. The summed E-state index contributed by atoms with van der Waals surface area (Å²) in [5, 5.41) is 3.68. The van der Waals surface area contributed by atoms with Crippen molar-refractivity contribution in [3.8, 4) is 5.69 Å². The largest absolute Gasteiger partial charge is 0.312 e. The molecule has 23 heavy (non-hydrogen) atoms. The van der Waals surface area contributed by atoms with Gasteiger partial charge < -0.3 is 0 Å². The van der Waals surface area contributed by atoms with Crippen molar-refractivity contribution in [3.63, 3.8) is 0 Å². The molecule has 0 unspecified atom stereocenters. The molecule has 2 aromatic rings. The highest BCUT2D eigenvalue weighted by atomic mass is 19.2. The van der Waals surface area contributed by atoms with Gasteiger partial charge in [0.1, 0.15) is 0 Å². The molecule has 0 amide bonds. The second-order valence-corrected chi connectivity index (χ2v) is 5.76. The van der Waals surface area contributed by atoms with Gasteiger partial charge in [-0.05, 0) is 5.92 Å². The van der Waals surface area contributed by atoms with Crippen LogP contribution in [-0.2, 0) is 0 Å². The summed E-state index contributed by atoms with van der Waals surface area (Å²) in [6.45, 7) is 3.66. The molecule has 1 aliphatic heterocycles. The standard InChI is InChI=1S/C14H12F6N3/c1-5(2)7-3-6(15)14-21-23(4-22(7)14)13-11(19)9(17)8(16)10(18)12(13)20/h4-7H,3H2,1-2H3/q+1/t6-,7+/m0/s1. The molecule has 0 aliphatic carbocycles. The highest BCUT2D eigenvalue weighted by molar-refractivity contribution is 5.36. The second-order valence-electron chi connectivity index (χ2n) is 5.76. The van der Waals surface area contributed by atoms with E-state index in [0.29, 0.717) is 4.68 Å². The van der Waals surface area contributed by atoms with Crippen LogP contribution in [-0.4, -0.2) is 9.78 Å². The van der Waals surface area contributed by atoms with Crippen molar-refractivity contribution in [2.75, 3.05) is 0 Å². The number of hydrogen-bond donors (Lipinski definition) is 0. The van der Waals surface area contributed by atoms with Gasteiger partial charge in [0.2, 0.25) is 41.1 Å². The third kappa shape index (κ3) is 2.21. The number of alkyl halides is 1. The van der Waals surface area contributed by atoms with Crippen molar-refractivity contribution in [2.45, 2.75) is 32.5 Å². The summed E-state index contributed by atoms with van der Waals surface area (Å²) in [6.07, 6.45) is -0.264. The van der Waals surface area contributed by atoms with E-state index in [9.17, 15) is 26.3 Å². The fraction of sp³-hybridized carbons (Fsp3) is 0.429. The molecule has 0 bridgehead atoms. The van der Waals surface area contributed by atoms with Crippen LogP contribution in [0.15, 0.2) is 6.33 Å². The monoisotopic (exact) mass is 336 g/mol. The maximum Gasteiger partial charge on any atom is 0.312 e. The third-order valence-corrected chi connectivity index (χ3v) is 3.98.